The highest BCUT2D eigenvalue weighted by Crippen LogP contribution is 2.47. The molecule has 0 spiro atoms. The van der Waals surface area contributed by atoms with Gasteiger partial charge in [-0.05, 0) is 42.9 Å². The third-order valence-corrected chi connectivity index (χ3v) is 7.04. The van der Waals surface area contributed by atoms with Crippen LogP contribution in [0.15, 0.2) is 0 Å². The summed E-state index contributed by atoms with van der Waals surface area (Å²) in [5, 5.41) is 0. The Hall–Kier alpha value is -0.0400. The van der Waals surface area contributed by atoms with E-state index in [4.69, 9.17) is 5.73 Å². The van der Waals surface area contributed by atoms with Crippen LogP contribution in [0, 0.1) is 16.2 Å². The van der Waals surface area contributed by atoms with E-state index in [1.165, 1.54) is 44.9 Å². The van der Waals surface area contributed by atoms with E-state index in [1.54, 1.807) is 0 Å². The molecule has 0 heterocycles. The highest BCUT2D eigenvalue weighted by atomic mass is 14.7. The average molecular weight is 298 g/mol. The highest BCUT2D eigenvalue weighted by Gasteiger charge is 2.37. The van der Waals surface area contributed by atoms with Gasteiger partial charge in [-0.2, -0.15) is 0 Å². The molecule has 0 fully saturated rings. The van der Waals surface area contributed by atoms with Crippen molar-refractivity contribution in [3.05, 3.63) is 0 Å². The normalized spacial score (nSPS) is 14.6. The molecule has 0 aromatic carbocycles. The number of hydrogen-bond donors (Lipinski definition) is 1. The lowest BCUT2D eigenvalue weighted by Gasteiger charge is -2.44. The summed E-state index contributed by atoms with van der Waals surface area (Å²) in [6.45, 7) is 21.0. The van der Waals surface area contributed by atoms with E-state index in [2.05, 4.69) is 62.3 Å². The lowest BCUT2D eigenvalue weighted by molar-refractivity contribution is 0.0649. The molecule has 1 nitrogen and oxygen atoms in total. The Balaban J connectivity index is 4.23. The van der Waals surface area contributed by atoms with Crippen molar-refractivity contribution in [2.45, 2.75) is 113 Å². The molecular weight excluding hydrogens is 254 g/mol. The molecule has 128 valence electrons. The van der Waals surface area contributed by atoms with Gasteiger partial charge in [-0.25, -0.2) is 0 Å². The summed E-state index contributed by atoms with van der Waals surface area (Å²) in [4.78, 5) is 0. The third-order valence-electron chi connectivity index (χ3n) is 7.04. The maximum atomic E-state index is 6.29. The third kappa shape index (κ3) is 5.58. The SMILES string of the molecule is CCC(C)(CC)C(C)(C)CCCCCC(C)(C)C(C)(C)N. The van der Waals surface area contributed by atoms with Crippen molar-refractivity contribution in [2.24, 2.45) is 22.0 Å². The summed E-state index contributed by atoms with van der Waals surface area (Å²) in [6, 6.07) is 0. The van der Waals surface area contributed by atoms with Crippen molar-refractivity contribution >= 4 is 0 Å². The predicted molar refractivity (Wildman–Crippen MR) is 97.6 cm³/mol. The summed E-state index contributed by atoms with van der Waals surface area (Å²) in [7, 11) is 0. The van der Waals surface area contributed by atoms with Crippen LogP contribution in [0.1, 0.15) is 107 Å². The summed E-state index contributed by atoms with van der Waals surface area (Å²) >= 11 is 0. The zero-order valence-electron chi connectivity index (χ0n) is 16.5. The van der Waals surface area contributed by atoms with Gasteiger partial charge in [0.15, 0.2) is 0 Å². The first kappa shape index (κ1) is 21.0. The molecule has 0 amide bonds. The minimum atomic E-state index is -0.0880. The Kier molecular flexibility index (Phi) is 7.47. The topological polar surface area (TPSA) is 26.0 Å². The van der Waals surface area contributed by atoms with Crippen molar-refractivity contribution in [3.63, 3.8) is 0 Å². The molecule has 0 aliphatic rings. The Bertz CT molecular complexity index is 289. The maximum absolute atomic E-state index is 6.29. The fourth-order valence-corrected chi connectivity index (χ4v) is 3.14. The number of nitrogens with two attached hydrogens (primary N) is 1. The molecule has 2 N–H and O–H groups in total. The van der Waals surface area contributed by atoms with Crippen LogP contribution in [0.4, 0.5) is 0 Å². The van der Waals surface area contributed by atoms with Crippen molar-refractivity contribution in [1.29, 1.82) is 0 Å². The Morgan fingerprint density at radius 2 is 1.00 bits per heavy atom. The van der Waals surface area contributed by atoms with Gasteiger partial charge in [0.05, 0.1) is 0 Å². The zero-order chi connectivity index (χ0) is 16.9. The van der Waals surface area contributed by atoms with Crippen LogP contribution >= 0.6 is 0 Å². The minimum Gasteiger partial charge on any atom is -0.325 e. The number of unbranched alkanes of at least 4 members (excludes halogenated alkanes) is 2. The van der Waals surface area contributed by atoms with E-state index in [-0.39, 0.29) is 11.0 Å². The second kappa shape index (κ2) is 7.49. The largest absolute Gasteiger partial charge is 0.325 e. The van der Waals surface area contributed by atoms with Gasteiger partial charge in [0, 0.05) is 5.54 Å². The first-order valence-corrected chi connectivity index (χ1v) is 9.12. The molecule has 0 rings (SSSR count). The van der Waals surface area contributed by atoms with Crippen molar-refractivity contribution in [2.75, 3.05) is 0 Å². The molecule has 0 radical (unpaired) electrons. The first-order valence-electron chi connectivity index (χ1n) is 9.12. The van der Waals surface area contributed by atoms with Gasteiger partial charge in [0.1, 0.15) is 0 Å². The molecule has 0 saturated heterocycles. The Morgan fingerprint density at radius 3 is 1.33 bits per heavy atom. The summed E-state index contributed by atoms with van der Waals surface area (Å²) in [5.41, 5.74) is 7.35. The van der Waals surface area contributed by atoms with E-state index >= 15 is 0 Å². The van der Waals surface area contributed by atoms with Gasteiger partial charge < -0.3 is 5.73 Å². The van der Waals surface area contributed by atoms with E-state index in [0.29, 0.717) is 10.8 Å². The second-order valence-electron chi connectivity index (χ2n) is 9.32. The van der Waals surface area contributed by atoms with Crippen molar-refractivity contribution in [1.82, 2.24) is 0 Å². The smallest absolute Gasteiger partial charge is 0.0148 e. The fourth-order valence-electron chi connectivity index (χ4n) is 3.14. The van der Waals surface area contributed by atoms with E-state index < -0.39 is 0 Å². The van der Waals surface area contributed by atoms with Gasteiger partial charge in [0.2, 0.25) is 0 Å². The van der Waals surface area contributed by atoms with E-state index in [0.717, 1.165) is 0 Å². The van der Waals surface area contributed by atoms with E-state index in [9.17, 15) is 0 Å². The molecule has 0 aromatic heterocycles. The summed E-state index contributed by atoms with van der Waals surface area (Å²) in [5.74, 6) is 0. The Labute approximate surface area is 135 Å². The fraction of sp³-hybridized carbons (Fsp3) is 1.00. The summed E-state index contributed by atoms with van der Waals surface area (Å²) < 4.78 is 0. The van der Waals surface area contributed by atoms with Crippen LogP contribution in [0.25, 0.3) is 0 Å². The van der Waals surface area contributed by atoms with Gasteiger partial charge in [-0.1, -0.05) is 80.6 Å². The van der Waals surface area contributed by atoms with Crippen LogP contribution in [0.5, 0.6) is 0 Å². The van der Waals surface area contributed by atoms with Crippen LogP contribution in [-0.2, 0) is 0 Å². The van der Waals surface area contributed by atoms with Gasteiger partial charge in [0.25, 0.3) is 0 Å². The molecule has 0 bridgehead atoms. The van der Waals surface area contributed by atoms with Crippen LogP contribution in [0.3, 0.4) is 0 Å². The monoisotopic (exact) mass is 297 g/mol. The quantitative estimate of drug-likeness (QED) is 0.454. The number of hydrogen-bond acceptors (Lipinski definition) is 1. The maximum Gasteiger partial charge on any atom is 0.0148 e. The molecule has 1 heteroatoms. The first-order chi connectivity index (χ1) is 9.33. The standard InChI is InChI=1S/C20H43N/c1-10-20(9,11-2)18(5,6)16-14-12-13-15-17(3,4)19(7,8)21/h10-16,21H2,1-9H3. The van der Waals surface area contributed by atoms with Crippen LogP contribution in [0.2, 0.25) is 0 Å². The predicted octanol–water partition coefficient (Wildman–Crippen LogP) is 6.55. The van der Waals surface area contributed by atoms with Crippen molar-refractivity contribution < 1.29 is 0 Å². The number of rotatable bonds is 10. The lowest BCUT2D eigenvalue weighted by atomic mass is 9.61. The van der Waals surface area contributed by atoms with E-state index in [1.807, 2.05) is 0 Å². The van der Waals surface area contributed by atoms with Crippen LogP contribution < -0.4 is 5.73 Å². The highest BCUT2D eigenvalue weighted by molar-refractivity contribution is 4.90. The average Bonchev–Trinajstić information content (AvgIpc) is 2.35. The summed E-state index contributed by atoms with van der Waals surface area (Å²) in [6.07, 6.45) is 9.14. The molecule has 21 heavy (non-hydrogen) atoms. The molecule has 0 saturated carbocycles. The second-order valence-corrected chi connectivity index (χ2v) is 9.32. The molecule has 0 aliphatic heterocycles. The molecule has 0 atom stereocenters. The zero-order valence-corrected chi connectivity index (χ0v) is 16.5. The van der Waals surface area contributed by atoms with Gasteiger partial charge >= 0.3 is 0 Å². The molecule has 0 unspecified atom stereocenters. The van der Waals surface area contributed by atoms with Gasteiger partial charge in [-0.3, -0.25) is 0 Å². The molecule has 0 aliphatic carbocycles. The molecule has 0 aromatic rings. The molecular formula is C20H43N. The lowest BCUT2D eigenvalue weighted by Crippen LogP contribution is -2.47. The van der Waals surface area contributed by atoms with Gasteiger partial charge in [-0.15, -0.1) is 0 Å². The van der Waals surface area contributed by atoms with Crippen molar-refractivity contribution in [3.8, 4) is 0 Å². The van der Waals surface area contributed by atoms with Crippen LogP contribution in [-0.4, -0.2) is 5.54 Å². The minimum absolute atomic E-state index is 0.0880. The Morgan fingerprint density at radius 1 is 0.619 bits per heavy atom.